The number of rotatable bonds is 9. The second-order valence-corrected chi connectivity index (χ2v) is 11.1. The molecule has 12 nitrogen and oxygen atoms in total. The number of carbonyl (C=O) groups excluding carboxylic acids is 1. The van der Waals surface area contributed by atoms with Crippen molar-refractivity contribution >= 4 is 24.0 Å². The average Bonchev–Trinajstić information content (AvgIpc) is 3.62. The molecule has 1 amide bonds. The summed E-state index contributed by atoms with van der Waals surface area (Å²) in [6, 6.07) is 9.04. The molecule has 0 radical (unpaired) electrons. The Bertz CT molecular complexity index is 1530. The van der Waals surface area contributed by atoms with Crippen molar-refractivity contribution in [2.75, 3.05) is 19.0 Å². The van der Waals surface area contributed by atoms with Gasteiger partial charge < -0.3 is 21.1 Å². The van der Waals surface area contributed by atoms with Gasteiger partial charge in [0.25, 0.3) is 0 Å². The molecule has 0 bridgehead atoms. The normalized spacial score (nSPS) is 22.2. The van der Waals surface area contributed by atoms with E-state index in [1.54, 1.807) is 0 Å². The zero-order valence-corrected chi connectivity index (χ0v) is 23.2. The van der Waals surface area contributed by atoms with Gasteiger partial charge in [-0.2, -0.15) is 5.10 Å². The van der Waals surface area contributed by atoms with E-state index in [0.29, 0.717) is 25.0 Å². The predicted octanol–water partition coefficient (Wildman–Crippen LogP) is 3.84. The van der Waals surface area contributed by atoms with E-state index in [1.165, 1.54) is 7.11 Å². The third-order valence-corrected chi connectivity index (χ3v) is 8.24. The van der Waals surface area contributed by atoms with Gasteiger partial charge in [-0.15, -0.1) is 5.10 Å². The molecule has 214 valence electrons. The van der Waals surface area contributed by atoms with E-state index >= 15 is 0 Å². The first-order valence-corrected chi connectivity index (χ1v) is 14.2. The van der Waals surface area contributed by atoms with Crippen LogP contribution in [-0.2, 0) is 11.3 Å². The van der Waals surface area contributed by atoms with Gasteiger partial charge in [-0.1, -0.05) is 5.21 Å². The Morgan fingerprint density at radius 1 is 1.17 bits per heavy atom. The van der Waals surface area contributed by atoms with Gasteiger partial charge in [0.1, 0.15) is 5.69 Å². The molecule has 4 aromatic rings. The molecule has 2 aliphatic carbocycles. The van der Waals surface area contributed by atoms with E-state index in [9.17, 15) is 4.79 Å². The molecular formula is C29H36N10O2. The van der Waals surface area contributed by atoms with Crippen molar-refractivity contribution in [2.24, 2.45) is 16.6 Å². The number of carbonyl (C=O) groups is 1. The number of amides is 1. The fourth-order valence-electron chi connectivity index (χ4n) is 5.85. The molecule has 0 spiro atoms. The summed E-state index contributed by atoms with van der Waals surface area (Å²) in [5.74, 6) is 0.396. The van der Waals surface area contributed by atoms with E-state index in [2.05, 4.69) is 49.9 Å². The first-order valence-electron chi connectivity index (χ1n) is 14.2. The van der Waals surface area contributed by atoms with Gasteiger partial charge in [0.15, 0.2) is 0 Å². The van der Waals surface area contributed by atoms with Gasteiger partial charge in [0, 0.05) is 36.1 Å². The summed E-state index contributed by atoms with van der Waals surface area (Å²) in [6.07, 6.45) is 11.2. The summed E-state index contributed by atoms with van der Waals surface area (Å²) in [4.78, 5) is 20.3. The lowest BCUT2D eigenvalue weighted by Crippen LogP contribution is -2.42. The number of methoxy groups -OCH3 is 1. The maximum atomic E-state index is 11.5. The molecule has 12 heteroatoms. The number of hydrogen-bond acceptors (Lipinski definition) is 9. The molecule has 2 saturated carbocycles. The van der Waals surface area contributed by atoms with Crippen LogP contribution < -0.4 is 16.4 Å². The number of aromatic nitrogens is 6. The number of nitrogens with one attached hydrogen (secondary N) is 2. The summed E-state index contributed by atoms with van der Waals surface area (Å²) in [6.45, 7) is 4.71. The lowest BCUT2D eigenvalue weighted by atomic mass is 9.80. The number of aliphatic imine (C=N–C) groups is 1. The molecule has 4 N–H and O–H groups in total. The topological polar surface area (TPSA) is 150 Å². The molecule has 0 atom stereocenters. The minimum Gasteiger partial charge on any atom is -0.453 e. The molecule has 4 aromatic heterocycles. The summed E-state index contributed by atoms with van der Waals surface area (Å²) in [7, 11) is 1.38. The Hall–Kier alpha value is -4.32. The van der Waals surface area contributed by atoms with Crippen molar-refractivity contribution in [1.29, 1.82) is 0 Å². The molecule has 0 saturated heterocycles. The number of alkyl carbamates (subject to hydrolysis) is 1. The quantitative estimate of drug-likeness (QED) is 0.263. The van der Waals surface area contributed by atoms with Crippen LogP contribution in [0.4, 0.5) is 10.5 Å². The van der Waals surface area contributed by atoms with Crippen molar-refractivity contribution in [3.05, 3.63) is 48.4 Å². The monoisotopic (exact) mass is 556 g/mol. The van der Waals surface area contributed by atoms with Crippen molar-refractivity contribution in [1.82, 2.24) is 34.9 Å². The number of nitrogens with two attached hydrogens (primary N) is 1. The number of anilines is 1. The molecule has 0 aliphatic heterocycles. The van der Waals surface area contributed by atoms with Gasteiger partial charge in [0.05, 0.1) is 49.0 Å². The highest BCUT2D eigenvalue weighted by atomic mass is 16.5. The Morgan fingerprint density at radius 3 is 2.78 bits per heavy atom. The van der Waals surface area contributed by atoms with Gasteiger partial charge in [-0.05, 0) is 81.0 Å². The Balaban J connectivity index is 1.27. The van der Waals surface area contributed by atoms with Crippen LogP contribution in [0, 0.1) is 5.92 Å². The van der Waals surface area contributed by atoms with Gasteiger partial charge >= 0.3 is 6.09 Å². The Kier molecular flexibility index (Phi) is 7.64. The Labute approximate surface area is 238 Å². The number of fused-ring (bicyclic) bond motifs is 1. The highest BCUT2D eigenvalue weighted by molar-refractivity contribution is 5.79. The molecule has 2 fully saturated rings. The zero-order valence-electron chi connectivity index (χ0n) is 23.2. The van der Waals surface area contributed by atoms with Crippen molar-refractivity contribution < 1.29 is 9.53 Å². The van der Waals surface area contributed by atoms with Crippen LogP contribution in [0.15, 0.2) is 47.8 Å². The van der Waals surface area contributed by atoms with Crippen LogP contribution in [0.2, 0.25) is 0 Å². The van der Waals surface area contributed by atoms with Crippen LogP contribution in [-0.4, -0.2) is 68.1 Å². The number of hydrogen-bond donors (Lipinski definition) is 3. The molecular weight excluding hydrogens is 520 g/mol. The fraction of sp³-hybridized carbons (Fsp3) is 0.448. The van der Waals surface area contributed by atoms with Crippen LogP contribution >= 0.6 is 0 Å². The summed E-state index contributed by atoms with van der Waals surface area (Å²) in [5, 5.41) is 20.2. The molecule has 0 aromatic carbocycles. The summed E-state index contributed by atoms with van der Waals surface area (Å²) < 4.78 is 8.57. The second kappa shape index (κ2) is 11.7. The minimum absolute atomic E-state index is 0.263. The van der Waals surface area contributed by atoms with Crippen molar-refractivity contribution in [3.8, 4) is 22.6 Å². The standard InChI is InChI=1S/C29H36N10O2/c1-31-13-19-11-23-7-8-28(39(23)34-15-19)26-12-25(35-21-9-18(10-21)14-33-29(40)41-2)24(16-32-26)27-17-38(37-36-27)22-5-3-20(30)4-6-22/h7-8,11-12,15-18,20-22H,1,3-6,9-10,13-14,30H2,2H3,(H,32,35)(H,33,40)/t18-,20-,21-,22-. The summed E-state index contributed by atoms with van der Waals surface area (Å²) in [5.41, 5.74) is 12.4. The second-order valence-electron chi connectivity index (χ2n) is 11.1. The molecule has 4 heterocycles. The maximum Gasteiger partial charge on any atom is 0.406 e. The number of nitrogens with zero attached hydrogens (tertiary/aromatic N) is 7. The molecule has 2 aliphatic rings. The van der Waals surface area contributed by atoms with E-state index in [0.717, 1.165) is 77.9 Å². The maximum absolute atomic E-state index is 11.5. The lowest BCUT2D eigenvalue weighted by molar-refractivity contribution is 0.164. The van der Waals surface area contributed by atoms with Crippen LogP contribution in [0.25, 0.3) is 28.2 Å². The zero-order chi connectivity index (χ0) is 28.3. The lowest BCUT2D eigenvalue weighted by Gasteiger charge is -2.36. The largest absolute Gasteiger partial charge is 0.453 e. The van der Waals surface area contributed by atoms with Gasteiger partial charge in [0.2, 0.25) is 0 Å². The van der Waals surface area contributed by atoms with Crippen molar-refractivity contribution in [3.63, 3.8) is 0 Å². The highest BCUT2D eigenvalue weighted by Crippen LogP contribution is 2.36. The Morgan fingerprint density at radius 2 is 2.00 bits per heavy atom. The third kappa shape index (κ3) is 5.78. The summed E-state index contributed by atoms with van der Waals surface area (Å²) >= 11 is 0. The van der Waals surface area contributed by atoms with Gasteiger partial charge in [-0.25, -0.2) is 14.0 Å². The van der Waals surface area contributed by atoms with Crippen LogP contribution in [0.3, 0.4) is 0 Å². The molecule has 0 unspecified atom stereocenters. The van der Waals surface area contributed by atoms with Crippen LogP contribution in [0.1, 0.15) is 50.1 Å². The minimum atomic E-state index is -0.397. The molecule has 6 rings (SSSR count). The third-order valence-electron chi connectivity index (χ3n) is 8.24. The van der Waals surface area contributed by atoms with Crippen molar-refractivity contribution in [2.45, 2.75) is 63.2 Å². The number of ether oxygens (including phenoxy) is 1. The fourth-order valence-corrected chi connectivity index (χ4v) is 5.85. The van der Waals surface area contributed by atoms with E-state index in [4.69, 9.17) is 15.5 Å². The number of pyridine rings is 1. The predicted molar refractivity (Wildman–Crippen MR) is 157 cm³/mol. The van der Waals surface area contributed by atoms with E-state index < -0.39 is 6.09 Å². The van der Waals surface area contributed by atoms with Gasteiger partial charge in [-0.3, -0.25) is 9.98 Å². The van der Waals surface area contributed by atoms with E-state index in [-0.39, 0.29) is 12.1 Å². The first-order chi connectivity index (χ1) is 20.0. The highest BCUT2D eigenvalue weighted by Gasteiger charge is 2.30. The van der Waals surface area contributed by atoms with Crippen LogP contribution in [0.5, 0.6) is 0 Å². The average molecular weight is 557 g/mol. The smallest absolute Gasteiger partial charge is 0.406 e. The first kappa shape index (κ1) is 26.9. The SMILES string of the molecule is C=NCc1cnn2c(-c3cc(N[C@H]4C[C@H](CNC(=O)OC)C4)c(-c4cn([C@H]5CC[C@H](N)CC5)nn4)cn3)ccc2c1. The molecule has 41 heavy (non-hydrogen) atoms. The van der Waals surface area contributed by atoms with E-state index in [1.807, 2.05) is 39.9 Å².